The molecule has 0 aromatic rings. The van der Waals surface area contributed by atoms with Gasteiger partial charge in [-0.1, -0.05) is 6.58 Å². The zero-order chi connectivity index (χ0) is 16.1. The molecular formula is C11H17FO7S. The van der Waals surface area contributed by atoms with Crippen LogP contribution in [0.25, 0.3) is 0 Å². The summed E-state index contributed by atoms with van der Waals surface area (Å²) in [6.07, 6.45) is -1.45. The van der Waals surface area contributed by atoms with Crippen molar-refractivity contribution < 1.29 is 36.4 Å². The lowest BCUT2D eigenvalue weighted by molar-refractivity contribution is -0.170. The van der Waals surface area contributed by atoms with Crippen molar-refractivity contribution >= 4 is 22.1 Å². The van der Waals surface area contributed by atoms with Crippen LogP contribution in [-0.4, -0.2) is 49.0 Å². The number of rotatable bonds is 7. The molecular weight excluding hydrogens is 295 g/mol. The van der Waals surface area contributed by atoms with Crippen LogP contribution in [0.5, 0.6) is 0 Å². The molecule has 7 nitrogen and oxygen atoms in total. The number of hydrogen-bond acceptors (Lipinski definition) is 6. The zero-order valence-electron chi connectivity index (χ0n) is 11.4. The maximum Gasteiger partial charge on any atom is 0.347 e. The van der Waals surface area contributed by atoms with Crippen LogP contribution < -0.4 is 0 Å². The van der Waals surface area contributed by atoms with E-state index in [0.29, 0.717) is 0 Å². The van der Waals surface area contributed by atoms with Gasteiger partial charge in [0.05, 0.1) is 0 Å². The fraction of sp³-hybridized carbons (Fsp3) is 0.636. The average Bonchev–Trinajstić information content (AvgIpc) is 2.26. The van der Waals surface area contributed by atoms with Crippen LogP contribution in [0, 0.1) is 0 Å². The molecule has 0 saturated carbocycles. The quantitative estimate of drug-likeness (QED) is 0.418. The van der Waals surface area contributed by atoms with Crippen molar-refractivity contribution in [3.05, 3.63) is 12.2 Å². The van der Waals surface area contributed by atoms with E-state index in [2.05, 4.69) is 16.1 Å². The summed E-state index contributed by atoms with van der Waals surface area (Å²) < 4.78 is 52.4. The van der Waals surface area contributed by atoms with Gasteiger partial charge in [0.25, 0.3) is 10.1 Å². The summed E-state index contributed by atoms with van der Waals surface area (Å²) in [6, 6.07) is 0. The Balaban J connectivity index is 4.57. The van der Waals surface area contributed by atoms with Gasteiger partial charge in [-0.2, -0.15) is 8.42 Å². The van der Waals surface area contributed by atoms with Gasteiger partial charge in [-0.25, -0.2) is 14.0 Å². The Morgan fingerprint density at radius 3 is 2.35 bits per heavy atom. The number of ether oxygens (including phenoxy) is 2. The fourth-order valence-electron chi connectivity index (χ4n) is 0.919. The molecule has 0 amide bonds. The lowest BCUT2D eigenvalue weighted by Gasteiger charge is -2.25. The van der Waals surface area contributed by atoms with Gasteiger partial charge in [-0.05, 0) is 20.8 Å². The van der Waals surface area contributed by atoms with E-state index in [-0.39, 0.29) is 5.57 Å². The molecule has 2 unspecified atom stereocenters. The molecule has 0 aromatic heterocycles. The highest BCUT2D eigenvalue weighted by Gasteiger charge is 2.43. The van der Waals surface area contributed by atoms with Crippen molar-refractivity contribution in [3.8, 4) is 0 Å². The molecule has 20 heavy (non-hydrogen) atoms. The normalized spacial score (nSPS) is 15.8. The molecule has 0 fully saturated rings. The van der Waals surface area contributed by atoms with Crippen molar-refractivity contribution in [1.82, 2.24) is 0 Å². The number of carbonyl (C=O) groups excluding carboxylic acids is 2. The van der Waals surface area contributed by atoms with Gasteiger partial charge in [0.2, 0.25) is 5.67 Å². The maximum absolute atomic E-state index is 14.1. The first-order valence-corrected chi connectivity index (χ1v) is 7.16. The Bertz CT molecular complexity index is 495. The van der Waals surface area contributed by atoms with Crippen molar-refractivity contribution in [3.63, 3.8) is 0 Å². The first kappa shape index (κ1) is 18.5. The van der Waals surface area contributed by atoms with Crippen LogP contribution in [-0.2, 0) is 29.2 Å². The van der Waals surface area contributed by atoms with Crippen molar-refractivity contribution in [2.75, 3.05) is 12.4 Å². The molecule has 9 heteroatoms. The Morgan fingerprint density at radius 1 is 1.45 bits per heavy atom. The van der Waals surface area contributed by atoms with E-state index < -0.39 is 46.2 Å². The van der Waals surface area contributed by atoms with Gasteiger partial charge < -0.3 is 9.47 Å². The second-order valence-corrected chi connectivity index (χ2v) is 5.90. The molecule has 116 valence electrons. The second-order valence-electron chi connectivity index (χ2n) is 4.33. The van der Waals surface area contributed by atoms with Crippen molar-refractivity contribution in [2.24, 2.45) is 0 Å². The van der Waals surface area contributed by atoms with E-state index in [4.69, 9.17) is 4.55 Å². The summed E-state index contributed by atoms with van der Waals surface area (Å²) in [6.45, 7) is 5.93. The van der Waals surface area contributed by atoms with Gasteiger partial charge in [0, 0.05) is 5.57 Å². The number of hydrogen-bond donors (Lipinski definition) is 1. The summed E-state index contributed by atoms with van der Waals surface area (Å²) >= 11 is 0. The Hall–Kier alpha value is -1.48. The third-order valence-electron chi connectivity index (χ3n) is 2.37. The standard InChI is InChI=1S/C11H17FO7S/c1-7(2)9(13)19-8(3)11(4,12)10(14)18-5-6-20(15,16)17/h8H,1,5-6H2,2-4H3,(H,15,16,17). The predicted molar refractivity (Wildman–Crippen MR) is 67.3 cm³/mol. The number of carbonyl (C=O) groups is 2. The van der Waals surface area contributed by atoms with E-state index in [0.717, 1.165) is 13.8 Å². The molecule has 0 aromatic carbocycles. The molecule has 1 N–H and O–H groups in total. The summed E-state index contributed by atoms with van der Waals surface area (Å²) in [5, 5.41) is 0. The van der Waals surface area contributed by atoms with Crippen molar-refractivity contribution in [2.45, 2.75) is 32.5 Å². The minimum Gasteiger partial charge on any atom is -0.462 e. The van der Waals surface area contributed by atoms with Crippen LogP contribution in [0.15, 0.2) is 12.2 Å². The highest BCUT2D eigenvalue weighted by molar-refractivity contribution is 7.85. The second kappa shape index (κ2) is 6.80. The first-order chi connectivity index (χ1) is 8.88. The molecule has 0 aliphatic heterocycles. The molecule has 0 saturated heterocycles. The Morgan fingerprint density at radius 2 is 1.95 bits per heavy atom. The third kappa shape index (κ3) is 6.11. The Kier molecular flexibility index (Phi) is 6.30. The first-order valence-electron chi connectivity index (χ1n) is 5.55. The van der Waals surface area contributed by atoms with E-state index in [1.807, 2.05) is 0 Å². The van der Waals surface area contributed by atoms with E-state index in [1.54, 1.807) is 0 Å². The monoisotopic (exact) mass is 312 g/mol. The predicted octanol–water partition coefficient (Wildman–Crippen LogP) is 0.653. The molecule has 0 radical (unpaired) electrons. The average molecular weight is 312 g/mol. The SMILES string of the molecule is C=C(C)C(=O)OC(C)C(C)(F)C(=O)OCCS(=O)(=O)O. The smallest absolute Gasteiger partial charge is 0.347 e. The molecule has 2 atom stereocenters. The summed E-state index contributed by atoms with van der Waals surface area (Å²) in [5.41, 5.74) is -2.63. The number of esters is 2. The van der Waals surface area contributed by atoms with Crippen LogP contribution in [0.3, 0.4) is 0 Å². The molecule has 0 bridgehead atoms. The molecule has 0 rings (SSSR count). The van der Waals surface area contributed by atoms with Crippen LogP contribution in [0.1, 0.15) is 20.8 Å². The molecule has 0 heterocycles. The number of alkyl halides is 1. The minimum atomic E-state index is -4.31. The fourth-order valence-corrected chi connectivity index (χ4v) is 1.21. The summed E-state index contributed by atoms with van der Waals surface area (Å²) in [7, 11) is -4.31. The third-order valence-corrected chi connectivity index (χ3v) is 3.05. The number of halogens is 1. The van der Waals surface area contributed by atoms with E-state index >= 15 is 0 Å². The lowest BCUT2D eigenvalue weighted by atomic mass is 10.0. The van der Waals surface area contributed by atoms with Gasteiger partial charge in [0.1, 0.15) is 18.5 Å². The van der Waals surface area contributed by atoms with Crippen molar-refractivity contribution in [1.29, 1.82) is 0 Å². The van der Waals surface area contributed by atoms with Gasteiger partial charge in [-0.3, -0.25) is 4.55 Å². The van der Waals surface area contributed by atoms with Crippen LogP contribution in [0.4, 0.5) is 4.39 Å². The largest absolute Gasteiger partial charge is 0.462 e. The zero-order valence-corrected chi connectivity index (χ0v) is 12.2. The summed E-state index contributed by atoms with van der Waals surface area (Å²) in [5.74, 6) is -3.12. The van der Waals surface area contributed by atoms with Crippen LogP contribution in [0.2, 0.25) is 0 Å². The van der Waals surface area contributed by atoms with Gasteiger partial charge in [-0.15, -0.1) is 0 Å². The molecule has 0 aliphatic rings. The Labute approximate surface area is 116 Å². The van der Waals surface area contributed by atoms with E-state index in [9.17, 15) is 22.4 Å². The van der Waals surface area contributed by atoms with Gasteiger partial charge in [0.15, 0.2) is 0 Å². The minimum absolute atomic E-state index is 0.0346. The molecule has 0 aliphatic carbocycles. The topological polar surface area (TPSA) is 107 Å². The highest BCUT2D eigenvalue weighted by Crippen LogP contribution is 2.21. The summed E-state index contributed by atoms with van der Waals surface area (Å²) in [4.78, 5) is 22.7. The molecule has 0 spiro atoms. The maximum atomic E-state index is 14.1. The van der Waals surface area contributed by atoms with Crippen LogP contribution >= 0.6 is 0 Å². The highest BCUT2D eigenvalue weighted by atomic mass is 32.2. The van der Waals surface area contributed by atoms with Gasteiger partial charge >= 0.3 is 11.9 Å². The lowest BCUT2D eigenvalue weighted by Crippen LogP contribution is -2.45. The van der Waals surface area contributed by atoms with E-state index in [1.165, 1.54) is 6.92 Å².